The molecule has 0 atom stereocenters. The Morgan fingerprint density at radius 2 is 2.08 bits per heavy atom. The van der Waals surface area contributed by atoms with Gasteiger partial charge in [0.2, 0.25) is 4.80 Å². The van der Waals surface area contributed by atoms with Gasteiger partial charge < -0.3 is 9.30 Å². The highest BCUT2D eigenvalue weighted by atomic mass is 35.5. The molecule has 0 spiro atoms. The second kappa shape index (κ2) is 7.47. The smallest absolute Gasteiger partial charge is 0.326 e. The molecule has 0 amide bonds. The standard InChI is InChI=1S/C15H12ClFN2O4S3/c1-2-23-13(20)8-19-10-4-3-9(17)7-11(10)24-15(19)18-26(21,22)14-6-5-12(16)25-14/h3-7H,2,8H2,1H3/b18-15-. The molecule has 0 N–H and O–H groups in total. The lowest BCUT2D eigenvalue weighted by Crippen LogP contribution is -2.23. The third-order valence-electron chi connectivity index (χ3n) is 3.24. The van der Waals surface area contributed by atoms with Crippen LogP contribution in [-0.4, -0.2) is 25.6 Å². The zero-order valence-corrected chi connectivity index (χ0v) is 16.5. The predicted molar refractivity (Wildman–Crippen MR) is 98.5 cm³/mol. The molecule has 2 heterocycles. The topological polar surface area (TPSA) is 77.7 Å². The third-order valence-corrected chi connectivity index (χ3v) is 7.36. The van der Waals surface area contributed by atoms with E-state index in [1.165, 1.54) is 34.9 Å². The second-order valence-corrected chi connectivity index (χ2v) is 9.57. The summed E-state index contributed by atoms with van der Waals surface area (Å²) < 4.78 is 49.4. The first-order valence-corrected chi connectivity index (χ1v) is 10.8. The molecule has 0 saturated carbocycles. The van der Waals surface area contributed by atoms with E-state index in [0.717, 1.165) is 22.7 Å². The molecule has 2 aromatic heterocycles. The number of hydrogen-bond acceptors (Lipinski definition) is 6. The van der Waals surface area contributed by atoms with E-state index >= 15 is 0 Å². The van der Waals surface area contributed by atoms with Crippen molar-refractivity contribution in [3.05, 3.63) is 45.3 Å². The van der Waals surface area contributed by atoms with Crippen molar-refractivity contribution in [2.45, 2.75) is 17.7 Å². The number of ether oxygens (including phenoxy) is 1. The van der Waals surface area contributed by atoms with E-state index in [2.05, 4.69) is 4.40 Å². The summed E-state index contributed by atoms with van der Waals surface area (Å²) in [4.78, 5) is 11.9. The van der Waals surface area contributed by atoms with Crippen molar-refractivity contribution in [3.63, 3.8) is 0 Å². The van der Waals surface area contributed by atoms with E-state index in [9.17, 15) is 17.6 Å². The van der Waals surface area contributed by atoms with Gasteiger partial charge in [-0.25, -0.2) is 4.39 Å². The molecule has 3 aromatic rings. The molecule has 138 valence electrons. The molecule has 0 fully saturated rings. The van der Waals surface area contributed by atoms with Gasteiger partial charge in [-0.1, -0.05) is 22.9 Å². The number of hydrogen-bond donors (Lipinski definition) is 0. The van der Waals surface area contributed by atoms with Crippen LogP contribution in [0.5, 0.6) is 0 Å². The fraction of sp³-hybridized carbons (Fsp3) is 0.200. The SMILES string of the molecule is CCOC(=O)Cn1/c(=N/S(=O)(=O)c2ccc(Cl)s2)sc2cc(F)ccc21. The number of fused-ring (bicyclic) bond motifs is 1. The molecule has 0 radical (unpaired) electrons. The zero-order valence-electron chi connectivity index (χ0n) is 13.3. The number of esters is 1. The van der Waals surface area contributed by atoms with E-state index in [4.69, 9.17) is 16.3 Å². The van der Waals surface area contributed by atoms with E-state index in [-0.39, 0.29) is 22.2 Å². The number of halogens is 2. The molecule has 1 aromatic carbocycles. The molecule has 0 aliphatic rings. The lowest BCUT2D eigenvalue weighted by Gasteiger charge is -2.05. The van der Waals surface area contributed by atoms with Crippen LogP contribution in [0.15, 0.2) is 38.9 Å². The lowest BCUT2D eigenvalue weighted by atomic mass is 10.3. The average Bonchev–Trinajstić information content (AvgIpc) is 3.12. The Kier molecular flexibility index (Phi) is 5.47. The molecule has 0 saturated heterocycles. The Bertz CT molecular complexity index is 1150. The van der Waals surface area contributed by atoms with Gasteiger partial charge in [0.05, 0.1) is 21.2 Å². The monoisotopic (exact) mass is 434 g/mol. The summed E-state index contributed by atoms with van der Waals surface area (Å²) in [7, 11) is -4.02. The lowest BCUT2D eigenvalue weighted by molar-refractivity contribution is -0.143. The number of nitrogens with zero attached hydrogens (tertiary/aromatic N) is 2. The first kappa shape index (κ1) is 19.0. The summed E-state index contributed by atoms with van der Waals surface area (Å²) in [5, 5.41) is 0. The Hall–Kier alpha value is -1.75. The number of aromatic nitrogens is 1. The quantitative estimate of drug-likeness (QED) is 0.576. The number of sulfonamides is 1. The van der Waals surface area contributed by atoms with Crippen molar-refractivity contribution in [2.75, 3.05) is 6.61 Å². The van der Waals surface area contributed by atoms with Crippen LogP contribution in [0.1, 0.15) is 6.92 Å². The molecule has 0 unspecified atom stereocenters. The highest BCUT2D eigenvalue weighted by molar-refractivity contribution is 7.92. The zero-order chi connectivity index (χ0) is 18.9. The van der Waals surface area contributed by atoms with Crippen molar-refractivity contribution >= 4 is 60.5 Å². The summed E-state index contributed by atoms with van der Waals surface area (Å²) in [6, 6.07) is 6.77. The molecule has 26 heavy (non-hydrogen) atoms. The number of thiophene rings is 1. The summed E-state index contributed by atoms with van der Waals surface area (Å²) >= 11 is 7.64. The number of benzene rings is 1. The van der Waals surface area contributed by atoms with Gasteiger partial charge in [-0.15, -0.1) is 15.7 Å². The van der Waals surface area contributed by atoms with E-state index < -0.39 is 21.8 Å². The van der Waals surface area contributed by atoms with Crippen molar-refractivity contribution in [3.8, 4) is 0 Å². The summed E-state index contributed by atoms with van der Waals surface area (Å²) in [6.07, 6.45) is 0. The van der Waals surface area contributed by atoms with Crippen molar-refractivity contribution in [1.82, 2.24) is 4.57 Å². The minimum absolute atomic E-state index is 0.0196. The van der Waals surface area contributed by atoms with Gasteiger partial charge in [-0.05, 0) is 37.3 Å². The minimum atomic E-state index is -4.02. The number of rotatable bonds is 5. The van der Waals surface area contributed by atoms with Gasteiger partial charge in [0.15, 0.2) is 0 Å². The third kappa shape index (κ3) is 3.98. The maximum Gasteiger partial charge on any atom is 0.326 e. The summed E-state index contributed by atoms with van der Waals surface area (Å²) in [5.74, 6) is -1.02. The first-order chi connectivity index (χ1) is 12.3. The van der Waals surface area contributed by atoms with E-state index in [1.807, 2.05) is 0 Å². The second-order valence-electron chi connectivity index (χ2n) is 5.01. The van der Waals surface area contributed by atoms with Crippen molar-refractivity contribution in [2.24, 2.45) is 4.40 Å². The van der Waals surface area contributed by atoms with E-state index in [1.54, 1.807) is 6.92 Å². The molecular formula is C15H12ClFN2O4S3. The molecule has 11 heteroatoms. The molecule has 3 rings (SSSR count). The molecule has 0 aliphatic carbocycles. The van der Waals surface area contributed by atoms with Crippen LogP contribution in [0.2, 0.25) is 4.34 Å². The largest absolute Gasteiger partial charge is 0.465 e. The molecular weight excluding hydrogens is 423 g/mol. The highest BCUT2D eigenvalue weighted by Crippen LogP contribution is 2.27. The Morgan fingerprint density at radius 3 is 2.73 bits per heavy atom. The van der Waals surface area contributed by atoms with Gasteiger partial charge in [0, 0.05) is 0 Å². The van der Waals surface area contributed by atoms with Crippen LogP contribution < -0.4 is 4.80 Å². The van der Waals surface area contributed by atoms with Crippen LogP contribution in [0.3, 0.4) is 0 Å². The van der Waals surface area contributed by atoms with Gasteiger partial charge in [0.1, 0.15) is 16.6 Å². The predicted octanol–water partition coefficient (Wildman–Crippen LogP) is 3.41. The number of carbonyl (C=O) groups is 1. The molecule has 6 nitrogen and oxygen atoms in total. The normalized spacial score (nSPS) is 12.7. The van der Waals surface area contributed by atoms with Crippen molar-refractivity contribution in [1.29, 1.82) is 0 Å². The maximum atomic E-state index is 13.5. The number of carbonyl (C=O) groups excluding carboxylic acids is 1. The molecule has 0 aliphatic heterocycles. The maximum absolute atomic E-state index is 13.5. The number of thiazole rings is 1. The van der Waals surface area contributed by atoms with Crippen LogP contribution in [0.4, 0.5) is 4.39 Å². The van der Waals surface area contributed by atoms with Gasteiger partial charge in [-0.2, -0.15) is 8.42 Å². The summed E-state index contributed by atoms with van der Waals surface area (Å²) in [6.45, 7) is 1.62. The molecule has 0 bridgehead atoms. The van der Waals surface area contributed by atoms with E-state index in [0.29, 0.717) is 14.6 Å². The Balaban J connectivity index is 2.19. The highest BCUT2D eigenvalue weighted by Gasteiger charge is 2.18. The van der Waals surface area contributed by atoms with Crippen LogP contribution in [0, 0.1) is 5.82 Å². The van der Waals surface area contributed by atoms with Gasteiger partial charge >= 0.3 is 5.97 Å². The summed E-state index contributed by atoms with van der Waals surface area (Å²) in [5.41, 5.74) is 0.489. The van der Waals surface area contributed by atoms with Crippen molar-refractivity contribution < 1.29 is 22.3 Å². The average molecular weight is 435 g/mol. The van der Waals surface area contributed by atoms with Crippen LogP contribution in [0.25, 0.3) is 10.2 Å². The van der Waals surface area contributed by atoms with Crippen LogP contribution in [-0.2, 0) is 26.1 Å². The Morgan fingerprint density at radius 1 is 1.31 bits per heavy atom. The van der Waals surface area contributed by atoms with Gasteiger partial charge in [-0.3, -0.25) is 4.79 Å². The van der Waals surface area contributed by atoms with Crippen LogP contribution >= 0.6 is 34.3 Å². The fourth-order valence-corrected chi connectivity index (χ4v) is 5.91. The first-order valence-electron chi connectivity index (χ1n) is 7.31. The minimum Gasteiger partial charge on any atom is -0.465 e. The Labute approximate surface area is 161 Å². The van der Waals surface area contributed by atoms with Gasteiger partial charge in [0.25, 0.3) is 10.0 Å². The fourth-order valence-electron chi connectivity index (χ4n) is 2.19.